The molecule has 2 aromatic rings. The first-order valence-electron chi connectivity index (χ1n) is 6.32. The van der Waals surface area contributed by atoms with Gasteiger partial charge in [-0.25, -0.2) is 9.78 Å². The molecule has 1 aliphatic heterocycles. The van der Waals surface area contributed by atoms with E-state index in [0.717, 1.165) is 25.3 Å². The topological polar surface area (TPSA) is 112 Å². The summed E-state index contributed by atoms with van der Waals surface area (Å²) in [5, 5.41) is 9.19. The van der Waals surface area contributed by atoms with E-state index in [1.54, 1.807) is 12.1 Å². The van der Waals surface area contributed by atoms with Gasteiger partial charge in [0.15, 0.2) is 0 Å². The maximum absolute atomic E-state index is 12.0. The summed E-state index contributed by atoms with van der Waals surface area (Å²) in [7, 11) is 0. The Morgan fingerprint density at radius 1 is 1.50 bits per heavy atom. The quantitative estimate of drug-likeness (QED) is 0.719. The van der Waals surface area contributed by atoms with Crippen LogP contribution in [0.25, 0.3) is 11.0 Å². The summed E-state index contributed by atoms with van der Waals surface area (Å²) in [6, 6.07) is 3.47. The Bertz CT molecular complexity index is 740. The number of hydrogen-bond donors (Lipinski definition) is 3. The number of aromatic carboxylic acids is 1. The van der Waals surface area contributed by atoms with Crippen LogP contribution in [0.15, 0.2) is 23.1 Å². The molecule has 104 valence electrons. The van der Waals surface area contributed by atoms with Crippen molar-refractivity contribution in [1.29, 1.82) is 0 Å². The maximum Gasteiger partial charge on any atom is 0.341 e. The van der Waals surface area contributed by atoms with Crippen LogP contribution in [0, 0.1) is 0 Å². The third-order valence-corrected chi connectivity index (χ3v) is 3.50. The minimum Gasteiger partial charge on any atom is -0.477 e. The first-order chi connectivity index (χ1) is 9.56. The van der Waals surface area contributed by atoms with Crippen molar-refractivity contribution in [2.75, 3.05) is 18.0 Å². The van der Waals surface area contributed by atoms with Crippen molar-refractivity contribution >= 4 is 22.8 Å². The Balaban J connectivity index is 2.07. The lowest BCUT2D eigenvalue weighted by molar-refractivity contribution is 0.0695. The van der Waals surface area contributed by atoms with E-state index in [9.17, 15) is 9.59 Å². The van der Waals surface area contributed by atoms with Crippen molar-refractivity contribution in [3.05, 3.63) is 34.1 Å². The van der Waals surface area contributed by atoms with Crippen LogP contribution in [0.2, 0.25) is 0 Å². The van der Waals surface area contributed by atoms with Gasteiger partial charge < -0.3 is 20.7 Å². The number of nitrogens with zero attached hydrogens (tertiary/aromatic N) is 2. The van der Waals surface area contributed by atoms with Gasteiger partial charge in [0.05, 0.1) is 5.39 Å². The number of H-pyrrole nitrogens is 1. The molecule has 4 N–H and O–H groups in total. The molecule has 0 bridgehead atoms. The molecular formula is C13H14N4O3. The average molecular weight is 274 g/mol. The molecule has 0 radical (unpaired) electrons. The van der Waals surface area contributed by atoms with E-state index in [0.29, 0.717) is 5.65 Å². The molecule has 2 aromatic heterocycles. The Hall–Kier alpha value is -2.41. The molecule has 0 saturated carbocycles. The van der Waals surface area contributed by atoms with E-state index in [2.05, 4.69) is 9.97 Å². The predicted molar refractivity (Wildman–Crippen MR) is 74.1 cm³/mol. The fourth-order valence-corrected chi connectivity index (χ4v) is 2.42. The van der Waals surface area contributed by atoms with Crippen LogP contribution in [0.5, 0.6) is 0 Å². The van der Waals surface area contributed by atoms with Crippen molar-refractivity contribution in [2.24, 2.45) is 5.73 Å². The van der Waals surface area contributed by atoms with Crippen LogP contribution in [-0.2, 0) is 0 Å². The molecule has 0 amide bonds. The molecule has 20 heavy (non-hydrogen) atoms. The minimum atomic E-state index is -1.25. The lowest BCUT2D eigenvalue weighted by Crippen LogP contribution is -2.27. The van der Waals surface area contributed by atoms with Crippen LogP contribution < -0.4 is 16.1 Å². The van der Waals surface area contributed by atoms with Gasteiger partial charge in [0.25, 0.3) is 0 Å². The van der Waals surface area contributed by atoms with Gasteiger partial charge in [-0.05, 0) is 18.6 Å². The molecule has 7 heteroatoms. The third-order valence-electron chi connectivity index (χ3n) is 3.50. The number of aromatic amines is 1. The van der Waals surface area contributed by atoms with Crippen molar-refractivity contribution in [3.8, 4) is 0 Å². The highest BCUT2D eigenvalue weighted by Crippen LogP contribution is 2.19. The zero-order valence-corrected chi connectivity index (χ0v) is 10.7. The Labute approximate surface area is 114 Å². The normalized spacial score (nSPS) is 18.6. The van der Waals surface area contributed by atoms with Gasteiger partial charge >= 0.3 is 5.97 Å². The standard InChI is InChI=1S/C13H14N4O3/c14-7-3-4-17(6-7)10-2-1-8-11(18)9(13(19)20)5-15-12(8)16-10/h1-2,5,7H,3-4,6,14H2,(H,19,20)(H,15,16,18)/t7-/m1/s1. The number of pyridine rings is 2. The van der Waals surface area contributed by atoms with E-state index >= 15 is 0 Å². The molecule has 1 aliphatic rings. The van der Waals surface area contributed by atoms with E-state index in [4.69, 9.17) is 10.8 Å². The first kappa shape index (κ1) is 12.6. The van der Waals surface area contributed by atoms with Crippen molar-refractivity contribution in [2.45, 2.75) is 12.5 Å². The number of hydrogen-bond acceptors (Lipinski definition) is 5. The molecule has 0 aromatic carbocycles. The lowest BCUT2D eigenvalue weighted by Gasteiger charge is -2.16. The molecule has 0 spiro atoms. The predicted octanol–water partition coefficient (Wildman–Crippen LogP) is 0.159. The van der Waals surface area contributed by atoms with Gasteiger partial charge in [-0.2, -0.15) is 0 Å². The summed E-state index contributed by atoms with van der Waals surface area (Å²) < 4.78 is 0. The summed E-state index contributed by atoms with van der Waals surface area (Å²) in [5.41, 5.74) is 5.44. The first-order valence-corrected chi connectivity index (χ1v) is 6.32. The monoisotopic (exact) mass is 274 g/mol. The Morgan fingerprint density at radius 2 is 2.30 bits per heavy atom. The summed E-state index contributed by atoms with van der Waals surface area (Å²) in [6.07, 6.45) is 2.09. The number of aromatic nitrogens is 2. The third kappa shape index (κ3) is 2.01. The van der Waals surface area contributed by atoms with Crippen molar-refractivity contribution < 1.29 is 9.90 Å². The molecule has 0 aliphatic carbocycles. The second kappa shape index (κ2) is 4.61. The largest absolute Gasteiger partial charge is 0.477 e. The number of carboxylic acid groups (broad SMARTS) is 1. The van der Waals surface area contributed by atoms with Gasteiger partial charge in [0.1, 0.15) is 17.0 Å². The highest BCUT2D eigenvalue weighted by atomic mass is 16.4. The highest BCUT2D eigenvalue weighted by Gasteiger charge is 2.21. The number of rotatable bonds is 2. The number of nitrogens with one attached hydrogen (secondary N) is 1. The fourth-order valence-electron chi connectivity index (χ4n) is 2.42. The number of carbonyl (C=O) groups is 1. The van der Waals surface area contributed by atoms with E-state index in [1.165, 1.54) is 6.20 Å². The van der Waals surface area contributed by atoms with E-state index in [-0.39, 0.29) is 17.0 Å². The van der Waals surface area contributed by atoms with Crippen LogP contribution in [0.1, 0.15) is 16.8 Å². The SMILES string of the molecule is N[C@@H]1CCN(c2ccc3c(=O)c(C(=O)O)c[nH]c3n2)C1. The van der Waals surface area contributed by atoms with Gasteiger partial charge in [-0.3, -0.25) is 4.79 Å². The highest BCUT2D eigenvalue weighted by molar-refractivity contribution is 5.91. The number of anilines is 1. The average Bonchev–Trinajstić information content (AvgIpc) is 2.85. The number of fused-ring (bicyclic) bond motifs is 1. The Morgan fingerprint density at radius 3 is 2.95 bits per heavy atom. The van der Waals surface area contributed by atoms with Crippen molar-refractivity contribution in [1.82, 2.24) is 9.97 Å². The molecule has 3 heterocycles. The van der Waals surface area contributed by atoms with E-state index in [1.807, 2.05) is 4.90 Å². The van der Waals surface area contributed by atoms with Crippen LogP contribution >= 0.6 is 0 Å². The van der Waals surface area contributed by atoms with Crippen LogP contribution in [0.4, 0.5) is 5.82 Å². The van der Waals surface area contributed by atoms with Gasteiger partial charge in [-0.1, -0.05) is 0 Å². The zero-order chi connectivity index (χ0) is 14.3. The second-order valence-electron chi connectivity index (χ2n) is 4.90. The number of carboxylic acids is 1. The summed E-state index contributed by atoms with van der Waals surface area (Å²) in [5.74, 6) is -0.507. The summed E-state index contributed by atoms with van der Waals surface area (Å²) in [6.45, 7) is 1.56. The smallest absolute Gasteiger partial charge is 0.341 e. The van der Waals surface area contributed by atoms with Crippen molar-refractivity contribution in [3.63, 3.8) is 0 Å². The Kier molecular flexibility index (Phi) is 2.90. The minimum absolute atomic E-state index is 0.140. The lowest BCUT2D eigenvalue weighted by atomic mass is 10.2. The number of nitrogens with two attached hydrogens (primary N) is 1. The zero-order valence-electron chi connectivity index (χ0n) is 10.7. The molecule has 1 atom stereocenters. The summed E-state index contributed by atoms with van der Waals surface area (Å²) >= 11 is 0. The second-order valence-corrected chi connectivity index (χ2v) is 4.90. The van der Waals surface area contributed by atoms with Crippen LogP contribution in [-0.4, -0.2) is 40.2 Å². The molecule has 0 unspecified atom stereocenters. The van der Waals surface area contributed by atoms with Gasteiger partial charge in [0.2, 0.25) is 5.43 Å². The van der Waals surface area contributed by atoms with Gasteiger partial charge in [0, 0.05) is 25.3 Å². The fraction of sp³-hybridized carbons (Fsp3) is 0.308. The molecule has 7 nitrogen and oxygen atoms in total. The van der Waals surface area contributed by atoms with E-state index < -0.39 is 11.4 Å². The maximum atomic E-state index is 12.0. The molecule has 1 fully saturated rings. The molecule has 1 saturated heterocycles. The van der Waals surface area contributed by atoms with Gasteiger partial charge in [-0.15, -0.1) is 0 Å². The summed E-state index contributed by atoms with van der Waals surface area (Å²) in [4.78, 5) is 32.1. The molecular weight excluding hydrogens is 260 g/mol. The van der Waals surface area contributed by atoms with Crippen LogP contribution in [0.3, 0.4) is 0 Å². The molecule has 3 rings (SSSR count).